The Kier molecular flexibility index (Phi) is 6.78. The summed E-state index contributed by atoms with van der Waals surface area (Å²) in [5, 5.41) is 22.5. The van der Waals surface area contributed by atoms with Gasteiger partial charge in [-0.25, -0.2) is 21.6 Å². The van der Waals surface area contributed by atoms with Crippen LogP contribution in [0.25, 0.3) is 0 Å². The van der Waals surface area contributed by atoms with Gasteiger partial charge in [0.1, 0.15) is 11.9 Å². The predicted octanol–water partition coefficient (Wildman–Crippen LogP) is 3.93. The number of nitriles is 1. The van der Waals surface area contributed by atoms with E-state index >= 15 is 0 Å². The molecule has 1 amide bonds. The molecule has 11 heteroatoms. The molecular weight excluding hydrogens is 481 g/mol. The minimum atomic E-state index is -4.55. The Morgan fingerprint density at radius 3 is 2.27 bits per heavy atom. The predicted molar refractivity (Wildman–Crippen MR) is 114 cm³/mol. The number of hydrogen-bond donors (Lipinski definition) is 2. The van der Waals surface area contributed by atoms with Crippen molar-refractivity contribution >= 4 is 33.0 Å². The molecular formula is C22H14ClF3N2O4S. The number of rotatable bonds is 6. The Morgan fingerprint density at radius 2 is 1.70 bits per heavy atom. The van der Waals surface area contributed by atoms with Crippen molar-refractivity contribution in [2.24, 2.45) is 0 Å². The fourth-order valence-electron chi connectivity index (χ4n) is 2.95. The minimum Gasteiger partial charge on any atom is -0.374 e. The van der Waals surface area contributed by atoms with Gasteiger partial charge in [0.05, 0.1) is 21.2 Å². The van der Waals surface area contributed by atoms with Crippen molar-refractivity contribution in [1.82, 2.24) is 0 Å². The van der Waals surface area contributed by atoms with Crippen molar-refractivity contribution in [2.75, 3.05) is 11.1 Å². The molecule has 0 spiro atoms. The van der Waals surface area contributed by atoms with Crippen molar-refractivity contribution < 1.29 is 31.5 Å². The van der Waals surface area contributed by atoms with Gasteiger partial charge < -0.3 is 10.4 Å². The first-order valence-corrected chi connectivity index (χ1v) is 11.2. The number of carbonyl (C=O) groups is 1. The first-order chi connectivity index (χ1) is 15.5. The van der Waals surface area contributed by atoms with Gasteiger partial charge in [-0.05, 0) is 54.1 Å². The van der Waals surface area contributed by atoms with Crippen molar-refractivity contribution in [2.45, 2.75) is 10.5 Å². The van der Waals surface area contributed by atoms with Crippen LogP contribution in [0.15, 0.2) is 65.6 Å². The number of sulfone groups is 1. The molecule has 0 bridgehead atoms. The third-order valence-corrected chi connectivity index (χ3v) is 6.78. The lowest BCUT2D eigenvalue weighted by Gasteiger charge is -2.27. The van der Waals surface area contributed by atoms with Crippen LogP contribution in [0.5, 0.6) is 0 Å². The highest BCUT2D eigenvalue weighted by molar-refractivity contribution is 7.91. The molecule has 0 heterocycles. The highest BCUT2D eigenvalue weighted by Gasteiger charge is 2.43. The number of anilines is 1. The van der Waals surface area contributed by atoms with Crippen molar-refractivity contribution in [1.29, 1.82) is 5.26 Å². The van der Waals surface area contributed by atoms with E-state index in [2.05, 4.69) is 5.32 Å². The van der Waals surface area contributed by atoms with E-state index in [0.717, 1.165) is 30.3 Å². The molecule has 0 aromatic heterocycles. The summed E-state index contributed by atoms with van der Waals surface area (Å²) in [6.07, 6.45) is 0. The molecule has 0 aliphatic carbocycles. The van der Waals surface area contributed by atoms with Crippen LogP contribution in [-0.2, 0) is 20.2 Å². The van der Waals surface area contributed by atoms with E-state index in [1.807, 2.05) is 6.07 Å². The highest BCUT2D eigenvalue weighted by atomic mass is 35.5. The maximum absolute atomic E-state index is 13.6. The monoisotopic (exact) mass is 494 g/mol. The van der Waals surface area contributed by atoms with Crippen LogP contribution in [-0.4, -0.2) is 25.2 Å². The Bertz CT molecular complexity index is 1380. The average Bonchev–Trinajstić information content (AvgIpc) is 2.75. The molecule has 0 saturated heterocycles. The summed E-state index contributed by atoms with van der Waals surface area (Å²) in [4.78, 5) is 12.4. The van der Waals surface area contributed by atoms with Crippen LogP contribution < -0.4 is 5.32 Å². The third-order valence-electron chi connectivity index (χ3n) is 4.69. The summed E-state index contributed by atoms with van der Waals surface area (Å²) in [7, 11) is -4.55. The first-order valence-electron chi connectivity index (χ1n) is 9.13. The molecule has 3 rings (SSSR count). The van der Waals surface area contributed by atoms with Crippen LogP contribution in [0.4, 0.5) is 18.9 Å². The third kappa shape index (κ3) is 5.17. The zero-order valence-corrected chi connectivity index (χ0v) is 18.1. The second-order valence-corrected chi connectivity index (χ2v) is 9.36. The molecule has 6 nitrogen and oxygen atoms in total. The van der Waals surface area contributed by atoms with Gasteiger partial charge in [-0.1, -0.05) is 23.7 Å². The van der Waals surface area contributed by atoms with Crippen LogP contribution in [0.1, 0.15) is 11.1 Å². The molecule has 1 atom stereocenters. The van der Waals surface area contributed by atoms with Crippen molar-refractivity contribution in [3.05, 3.63) is 94.3 Å². The molecule has 0 aliphatic rings. The molecule has 0 saturated carbocycles. The molecule has 3 aromatic rings. The number of nitrogens with one attached hydrogen (secondary N) is 1. The van der Waals surface area contributed by atoms with Gasteiger partial charge in [0.15, 0.2) is 27.1 Å². The maximum Gasteiger partial charge on any atom is 0.262 e. The van der Waals surface area contributed by atoms with E-state index in [-0.39, 0.29) is 21.8 Å². The number of benzene rings is 3. The minimum absolute atomic E-state index is 0.00460. The van der Waals surface area contributed by atoms with Gasteiger partial charge in [0, 0.05) is 5.69 Å². The van der Waals surface area contributed by atoms with E-state index < -0.39 is 49.4 Å². The van der Waals surface area contributed by atoms with Gasteiger partial charge in [-0.15, -0.1) is 0 Å². The molecule has 33 heavy (non-hydrogen) atoms. The Hall–Kier alpha value is -3.39. The quantitative estimate of drug-likeness (QED) is 0.505. The zero-order chi connectivity index (χ0) is 24.4. The van der Waals surface area contributed by atoms with E-state index in [1.165, 1.54) is 18.2 Å². The van der Waals surface area contributed by atoms with E-state index in [0.29, 0.717) is 12.1 Å². The summed E-state index contributed by atoms with van der Waals surface area (Å²) < 4.78 is 66.0. The number of nitrogens with zero attached hydrogens (tertiary/aromatic N) is 1. The van der Waals surface area contributed by atoms with E-state index in [1.54, 1.807) is 0 Å². The normalized spacial score (nSPS) is 13.1. The van der Waals surface area contributed by atoms with Crippen molar-refractivity contribution in [3.63, 3.8) is 0 Å². The fraction of sp³-hybridized carbons (Fsp3) is 0.0909. The molecule has 1 unspecified atom stereocenters. The Balaban J connectivity index is 2.03. The number of amides is 1. The molecule has 0 aliphatic heterocycles. The molecule has 2 N–H and O–H groups in total. The van der Waals surface area contributed by atoms with Crippen LogP contribution in [0.2, 0.25) is 5.02 Å². The SMILES string of the molecule is N#Cc1ccc(NC(=O)C(O)(CS(=O)(=O)c2ccc(F)c(F)c2)c2ccc(F)cc2)cc1Cl. The average molecular weight is 495 g/mol. The van der Waals surface area contributed by atoms with Gasteiger partial charge in [-0.3, -0.25) is 4.79 Å². The lowest BCUT2D eigenvalue weighted by molar-refractivity contribution is -0.132. The first kappa shape index (κ1) is 24.3. The Labute approximate surface area is 191 Å². The van der Waals surface area contributed by atoms with E-state index in [4.69, 9.17) is 16.9 Å². The second kappa shape index (κ2) is 9.23. The van der Waals surface area contributed by atoms with Gasteiger partial charge in [0.2, 0.25) is 0 Å². The topological polar surface area (TPSA) is 107 Å². The lowest BCUT2D eigenvalue weighted by Crippen LogP contribution is -2.46. The number of halogens is 4. The summed E-state index contributed by atoms with van der Waals surface area (Å²) in [6.45, 7) is 0. The zero-order valence-electron chi connectivity index (χ0n) is 16.5. The van der Waals surface area contributed by atoms with Gasteiger partial charge >= 0.3 is 0 Å². The smallest absolute Gasteiger partial charge is 0.262 e. The molecule has 3 aromatic carbocycles. The van der Waals surface area contributed by atoms with E-state index in [9.17, 15) is 31.5 Å². The Morgan fingerprint density at radius 1 is 1.03 bits per heavy atom. The number of carbonyl (C=O) groups excluding carboxylic acids is 1. The standard InChI is InChI=1S/C22H14ClF3N2O4S/c23-18-9-16(6-1-13(18)11-27)28-21(29)22(30,14-2-4-15(24)5-3-14)12-33(31,32)17-7-8-19(25)20(26)10-17/h1-10,30H,12H2,(H,28,29). The van der Waals surface area contributed by atoms with Crippen LogP contribution in [0, 0.1) is 28.8 Å². The van der Waals surface area contributed by atoms with Gasteiger partial charge in [0.25, 0.3) is 5.91 Å². The maximum atomic E-state index is 13.6. The number of aliphatic hydroxyl groups is 1. The summed E-state index contributed by atoms with van der Waals surface area (Å²) in [6, 6.07) is 11.3. The van der Waals surface area contributed by atoms with Crippen LogP contribution in [0.3, 0.4) is 0 Å². The molecule has 0 fully saturated rings. The fourth-order valence-corrected chi connectivity index (χ4v) is 4.75. The molecule has 0 radical (unpaired) electrons. The van der Waals surface area contributed by atoms with Gasteiger partial charge in [-0.2, -0.15) is 5.26 Å². The lowest BCUT2D eigenvalue weighted by atomic mass is 9.94. The largest absolute Gasteiger partial charge is 0.374 e. The van der Waals surface area contributed by atoms with Crippen LogP contribution >= 0.6 is 11.6 Å². The van der Waals surface area contributed by atoms with Crippen molar-refractivity contribution in [3.8, 4) is 6.07 Å². The summed E-state index contributed by atoms with van der Waals surface area (Å²) in [5.41, 5.74) is -2.89. The molecule has 170 valence electrons. The highest BCUT2D eigenvalue weighted by Crippen LogP contribution is 2.30. The summed E-state index contributed by atoms with van der Waals surface area (Å²) in [5.74, 6) is -5.91. The second-order valence-electron chi connectivity index (χ2n) is 6.96. The number of hydrogen-bond acceptors (Lipinski definition) is 5. The summed E-state index contributed by atoms with van der Waals surface area (Å²) >= 11 is 5.94.